The van der Waals surface area contributed by atoms with Crippen LogP contribution in [0.2, 0.25) is 0 Å². The number of anilines is 1. The van der Waals surface area contributed by atoms with Crippen LogP contribution in [0.15, 0.2) is 53.6 Å². The van der Waals surface area contributed by atoms with E-state index in [1.54, 1.807) is 18.3 Å². The third kappa shape index (κ3) is 5.71. The molecule has 0 aliphatic rings. The van der Waals surface area contributed by atoms with E-state index in [2.05, 4.69) is 41.8 Å². The van der Waals surface area contributed by atoms with Gasteiger partial charge in [0.05, 0.1) is 6.21 Å². The average molecular weight is 341 g/mol. The van der Waals surface area contributed by atoms with Crippen LogP contribution in [0.4, 0.5) is 10.1 Å². The van der Waals surface area contributed by atoms with Crippen molar-refractivity contribution in [3.63, 3.8) is 0 Å². The fraction of sp³-hybridized carbons (Fsp3) is 0.300. The number of rotatable bonds is 7. The van der Waals surface area contributed by atoms with Crippen LogP contribution in [0.5, 0.6) is 0 Å². The largest absolute Gasteiger partial charge is 0.374 e. The van der Waals surface area contributed by atoms with Crippen LogP contribution in [-0.2, 0) is 4.79 Å². The van der Waals surface area contributed by atoms with Gasteiger partial charge in [-0.2, -0.15) is 5.10 Å². The Balaban J connectivity index is 1.91. The topological polar surface area (TPSA) is 53.5 Å². The molecule has 0 spiro atoms. The van der Waals surface area contributed by atoms with E-state index in [-0.39, 0.29) is 11.7 Å². The number of amides is 1. The summed E-state index contributed by atoms with van der Waals surface area (Å²) < 4.78 is 12.9. The summed E-state index contributed by atoms with van der Waals surface area (Å²) in [6, 6.07) is 13.5. The van der Waals surface area contributed by atoms with Gasteiger partial charge in [-0.05, 0) is 47.7 Å². The minimum absolute atomic E-state index is 0.234. The van der Waals surface area contributed by atoms with Crippen molar-refractivity contribution in [2.75, 3.05) is 5.32 Å². The highest BCUT2D eigenvalue weighted by Crippen LogP contribution is 2.14. The predicted molar refractivity (Wildman–Crippen MR) is 100 cm³/mol. The Bertz CT molecular complexity index is 709. The van der Waals surface area contributed by atoms with Gasteiger partial charge in [-0.1, -0.05) is 45.0 Å². The highest BCUT2D eigenvalue weighted by Gasteiger charge is 2.15. The van der Waals surface area contributed by atoms with E-state index in [0.29, 0.717) is 18.0 Å². The minimum Gasteiger partial charge on any atom is -0.374 e. The van der Waals surface area contributed by atoms with Crippen LogP contribution < -0.4 is 10.7 Å². The number of hydrazone groups is 1. The van der Waals surface area contributed by atoms with Crippen LogP contribution in [-0.4, -0.2) is 18.2 Å². The molecule has 5 heteroatoms. The maximum atomic E-state index is 12.9. The average Bonchev–Trinajstić information content (AvgIpc) is 2.61. The predicted octanol–water partition coefficient (Wildman–Crippen LogP) is 4.29. The molecule has 0 saturated heterocycles. The third-order valence-electron chi connectivity index (χ3n) is 3.90. The molecule has 0 aliphatic carbocycles. The van der Waals surface area contributed by atoms with Crippen LogP contribution in [0, 0.1) is 5.82 Å². The Morgan fingerprint density at radius 3 is 2.32 bits per heavy atom. The van der Waals surface area contributed by atoms with Gasteiger partial charge in [-0.15, -0.1) is 0 Å². The zero-order valence-corrected chi connectivity index (χ0v) is 14.8. The quantitative estimate of drug-likeness (QED) is 0.583. The number of nitrogens with one attached hydrogen (secondary N) is 2. The van der Waals surface area contributed by atoms with Crippen LogP contribution in [0.1, 0.15) is 44.2 Å². The standard InChI is InChI=1S/C20H24FN3O/c1-4-19(23-18-11-9-17(21)10-12-18)20(25)24-22-13-15-5-7-16(8-6-15)14(2)3/h5-14,19,23H,4H2,1-3H3,(H,24,25)/b22-13-. The lowest BCUT2D eigenvalue weighted by molar-refractivity contribution is -0.121. The summed E-state index contributed by atoms with van der Waals surface area (Å²) in [4.78, 5) is 12.2. The molecule has 132 valence electrons. The van der Waals surface area contributed by atoms with Crippen LogP contribution in [0.25, 0.3) is 0 Å². The lowest BCUT2D eigenvalue weighted by Gasteiger charge is -2.16. The summed E-state index contributed by atoms with van der Waals surface area (Å²) in [6.45, 7) is 6.18. The molecule has 2 rings (SSSR count). The van der Waals surface area contributed by atoms with Crippen molar-refractivity contribution in [1.82, 2.24) is 5.43 Å². The summed E-state index contributed by atoms with van der Waals surface area (Å²) in [5, 5.41) is 7.09. The van der Waals surface area contributed by atoms with E-state index in [4.69, 9.17) is 0 Å². The molecule has 0 bridgehead atoms. The summed E-state index contributed by atoms with van der Waals surface area (Å²) in [7, 11) is 0. The number of carbonyl (C=O) groups is 1. The number of hydrogen-bond donors (Lipinski definition) is 2. The second-order valence-electron chi connectivity index (χ2n) is 6.17. The van der Waals surface area contributed by atoms with Crippen molar-refractivity contribution >= 4 is 17.8 Å². The molecule has 0 radical (unpaired) electrons. The van der Waals surface area contributed by atoms with E-state index in [0.717, 1.165) is 5.56 Å². The Kier molecular flexibility index (Phi) is 6.69. The molecular formula is C20H24FN3O. The number of carbonyl (C=O) groups excluding carboxylic acids is 1. The highest BCUT2D eigenvalue weighted by atomic mass is 19.1. The molecule has 1 amide bonds. The molecule has 1 unspecified atom stereocenters. The van der Waals surface area contributed by atoms with Gasteiger partial charge in [0.1, 0.15) is 11.9 Å². The minimum atomic E-state index is -0.439. The third-order valence-corrected chi connectivity index (χ3v) is 3.90. The van der Waals surface area contributed by atoms with Crippen molar-refractivity contribution in [3.05, 3.63) is 65.5 Å². The molecule has 1 atom stereocenters. The number of halogens is 1. The van der Waals surface area contributed by atoms with Crippen molar-refractivity contribution in [1.29, 1.82) is 0 Å². The van der Waals surface area contributed by atoms with Crippen molar-refractivity contribution in [3.8, 4) is 0 Å². The smallest absolute Gasteiger partial charge is 0.262 e. The van der Waals surface area contributed by atoms with Crippen molar-refractivity contribution in [2.45, 2.75) is 39.2 Å². The Morgan fingerprint density at radius 1 is 1.12 bits per heavy atom. The second kappa shape index (κ2) is 8.97. The Labute approximate surface area is 148 Å². The molecule has 25 heavy (non-hydrogen) atoms. The van der Waals surface area contributed by atoms with Gasteiger partial charge in [0.2, 0.25) is 0 Å². The van der Waals surface area contributed by atoms with Crippen molar-refractivity contribution in [2.24, 2.45) is 5.10 Å². The van der Waals surface area contributed by atoms with E-state index in [1.165, 1.54) is 17.7 Å². The molecular weight excluding hydrogens is 317 g/mol. The molecule has 2 N–H and O–H groups in total. The fourth-order valence-electron chi connectivity index (χ4n) is 2.32. The summed E-state index contributed by atoms with van der Waals surface area (Å²) in [5.74, 6) is -0.0634. The van der Waals surface area contributed by atoms with E-state index in [9.17, 15) is 9.18 Å². The van der Waals surface area contributed by atoms with Crippen molar-refractivity contribution < 1.29 is 9.18 Å². The van der Waals surface area contributed by atoms with Gasteiger partial charge in [0.25, 0.3) is 5.91 Å². The van der Waals surface area contributed by atoms with Gasteiger partial charge >= 0.3 is 0 Å². The maximum absolute atomic E-state index is 12.9. The number of hydrogen-bond acceptors (Lipinski definition) is 3. The molecule has 0 aliphatic heterocycles. The SMILES string of the molecule is CCC(Nc1ccc(F)cc1)C(=O)N/N=C\c1ccc(C(C)C)cc1. The highest BCUT2D eigenvalue weighted by molar-refractivity contribution is 5.86. The first-order valence-corrected chi connectivity index (χ1v) is 8.44. The number of benzene rings is 2. The Hall–Kier alpha value is -2.69. The summed E-state index contributed by atoms with van der Waals surface area (Å²) in [5.41, 5.74) is 5.42. The number of nitrogens with zero attached hydrogens (tertiary/aromatic N) is 1. The molecule has 4 nitrogen and oxygen atoms in total. The molecule has 0 aromatic heterocycles. The van der Waals surface area contributed by atoms with Gasteiger partial charge in [-0.3, -0.25) is 4.79 Å². The molecule has 0 fully saturated rings. The lowest BCUT2D eigenvalue weighted by Crippen LogP contribution is -2.36. The van der Waals surface area contributed by atoms with Gasteiger partial charge in [0, 0.05) is 5.69 Å². The van der Waals surface area contributed by atoms with Crippen LogP contribution in [0.3, 0.4) is 0 Å². The molecule has 0 saturated carbocycles. The fourth-order valence-corrected chi connectivity index (χ4v) is 2.32. The summed E-state index contributed by atoms with van der Waals surface area (Å²) in [6.07, 6.45) is 2.20. The van der Waals surface area contributed by atoms with Gasteiger partial charge in [-0.25, -0.2) is 9.82 Å². The van der Waals surface area contributed by atoms with Gasteiger partial charge in [0.15, 0.2) is 0 Å². The monoisotopic (exact) mass is 341 g/mol. The second-order valence-corrected chi connectivity index (χ2v) is 6.17. The first-order chi connectivity index (χ1) is 12.0. The van der Waals surface area contributed by atoms with E-state index in [1.807, 2.05) is 19.1 Å². The first-order valence-electron chi connectivity index (χ1n) is 8.44. The van der Waals surface area contributed by atoms with E-state index >= 15 is 0 Å². The normalized spacial score (nSPS) is 12.4. The molecule has 2 aromatic rings. The maximum Gasteiger partial charge on any atom is 0.262 e. The van der Waals surface area contributed by atoms with Gasteiger partial charge < -0.3 is 5.32 Å². The Morgan fingerprint density at radius 2 is 1.76 bits per heavy atom. The first kappa shape index (κ1) is 18.6. The zero-order valence-electron chi connectivity index (χ0n) is 14.8. The molecule has 0 heterocycles. The summed E-state index contributed by atoms with van der Waals surface area (Å²) >= 11 is 0. The zero-order chi connectivity index (χ0) is 18.2. The molecule has 2 aromatic carbocycles. The van der Waals surface area contributed by atoms with E-state index < -0.39 is 6.04 Å². The lowest BCUT2D eigenvalue weighted by atomic mass is 10.0. The van der Waals surface area contributed by atoms with Crippen LogP contribution >= 0.6 is 0 Å².